The van der Waals surface area contributed by atoms with E-state index in [0.29, 0.717) is 36.6 Å². The van der Waals surface area contributed by atoms with Crippen molar-refractivity contribution in [2.75, 3.05) is 25.3 Å². The number of esters is 2. The second-order valence-electron chi connectivity index (χ2n) is 15.8. The first-order valence-electron chi connectivity index (χ1n) is 19.9. The van der Waals surface area contributed by atoms with Crippen molar-refractivity contribution in [2.45, 2.75) is 147 Å². The van der Waals surface area contributed by atoms with Crippen LogP contribution < -0.4 is 15.9 Å². The smallest absolute Gasteiger partial charge is 0.327 e. The first-order chi connectivity index (χ1) is 24.7. The minimum atomic E-state index is -3.81. The molecule has 1 atom stereocenters. The van der Waals surface area contributed by atoms with Gasteiger partial charge in [-0.2, -0.15) is 0 Å². The number of nitrogens with two attached hydrogens (primary N) is 1. The maximum atomic E-state index is 15.8. The van der Waals surface area contributed by atoms with Gasteiger partial charge < -0.3 is 24.5 Å². The molecule has 12 nitrogen and oxygen atoms in total. The number of rotatable bonds is 25. The number of ether oxygens (including phenoxy) is 3. The van der Waals surface area contributed by atoms with Crippen LogP contribution in [0.25, 0.3) is 11.2 Å². The molecule has 4 N–H and O–H groups in total. The molecule has 0 saturated heterocycles. The predicted molar refractivity (Wildman–Crippen MR) is 198 cm³/mol. The van der Waals surface area contributed by atoms with Crippen LogP contribution in [0.1, 0.15) is 124 Å². The molecule has 4 saturated carbocycles. The number of fused-ring (bicyclic) bond motifs is 1. The Morgan fingerprint density at radius 2 is 1.33 bits per heavy atom. The second-order valence-corrected chi connectivity index (χ2v) is 18.0. The van der Waals surface area contributed by atoms with Crippen LogP contribution in [0.3, 0.4) is 0 Å². The van der Waals surface area contributed by atoms with Crippen molar-refractivity contribution >= 4 is 36.2 Å². The number of imidazole rings is 1. The van der Waals surface area contributed by atoms with Crippen molar-refractivity contribution in [1.82, 2.24) is 24.7 Å². The van der Waals surface area contributed by atoms with Gasteiger partial charge in [-0.3, -0.25) is 14.2 Å². The number of unbranched alkanes of at least 4 members (excludes halogenated alkanes) is 6. The fourth-order valence-electron chi connectivity index (χ4n) is 7.94. The Morgan fingerprint density at radius 1 is 0.843 bits per heavy atom. The molecule has 284 valence electrons. The third-order valence-corrected chi connectivity index (χ3v) is 13.3. The van der Waals surface area contributed by atoms with Crippen molar-refractivity contribution in [3.63, 3.8) is 0 Å². The van der Waals surface area contributed by atoms with E-state index in [1.165, 1.54) is 0 Å². The van der Waals surface area contributed by atoms with Gasteiger partial charge >= 0.3 is 11.9 Å². The van der Waals surface area contributed by atoms with Crippen LogP contribution in [-0.4, -0.2) is 63.2 Å². The normalized spacial score (nSPS) is 19.0. The number of aromatic nitrogens is 3. The summed E-state index contributed by atoms with van der Waals surface area (Å²) in [4.78, 5) is 37.4. The van der Waals surface area contributed by atoms with Gasteiger partial charge in [0.25, 0.3) is 0 Å². The molecular weight excluding hydrogens is 667 g/mol. The lowest BCUT2D eigenvalue weighted by Crippen LogP contribution is -2.62. The number of carbonyl (C=O) groups is 2. The third-order valence-electron chi connectivity index (χ3n) is 11.3. The zero-order valence-corrected chi connectivity index (χ0v) is 32.0. The molecule has 4 aliphatic rings. The largest absolute Gasteiger partial charge is 0.464 e. The van der Waals surface area contributed by atoms with E-state index in [1.54, 1.807) is 18.6 Å². The Kier molecular flexibility index (Phi) is 12.5. The number of hydrogen-bond donors (Lipinski definition) is 3. The van der Waals surface area contributed by atoms with Gasteiger partial charge in [-0.25, -0.2) is 20.1 Å². The summed E-state index contributed by atoms with van der Waals surface area (Å²) in [5.74, 6) is -0.524. The molecule has 2 aromatic rings. The molecule has 0 amide bonds. The van der Waals surface area contributed by atoms with Crippen LogP contribution in [-0.2, 0) is 34.9 Å². The molecule has 13 heteroatoms. The third kappa shape index (κ3) is 8.99. The summed E-state index contributed by atoms with van der Waals surface area (Å²) in [7, 11) is -3.81. The SMILES string of the molecule is CCCCCCOC(=O)C(NP(=O)(CO[C@H](C)Cn1cnc2c(N)ccnc21)NC(C(=O)OCCCCCC)(C1CC1)C1CC1)(C1CC1)C1CC1. The molecule has 0 unspecified atom stereocenters. The molecule has 0 spiro atoms. The number of anilines is 1. The Morgan fingerprint density at radius 3 is 1.78 bits per heavy atom. The lowest BCUT2D eigenvalue weighted by atomic mass is 9.88. The molecule has 4 fully saturated rings. The maximum Gasteiger partial charge on any atom is 0.327 e. The molecular formula is C38H61N6O6P. The van der Waals surface area contributed by atoms with Crippen LogP contribution in [0, 0.1) is 23.7 Å². The summed E-state index contributed by atoms with van der Waals surface area (Å²) in [6.45, 7) is 7.34. The Labute approximate surface area is 303 Å². The van der Waals surface area contributed by atoms with E-state index < -0.39 is 24.6 Å². The van der Waals surface area contributed by atoms with Gasteiger partial charge in [-0.15, -0.1) is 0 Å². The summed E-state index contributed by atoms with van der Waals surface area (Å²) < 4.78 is 36.2. The molecule has 0 aliphatic heterocycles. The molecule has 6 rings (SSSR count). The molecule has 0 aromatic carbocycles. The zero-order valence-electron chi connectivity index (χ0n) is 31.1. The average Bonchev–Trinajstić information content (AvgIpc) is 3.94. The van der Waals surface area contributed by atoms with Gasteiger partial charge in [-0.05, 0) is 101 Å². The minimum Gasteiger partial charge on any atom is -0.464 e. The Balaban J connectivity index is 1.26. The molecule has 0 radical (unpaired) electrons. The number of pyridine rings is 1. The Hall–Kier alpha value is -2.53. The monoisotopic (exact) mass is 728 g/mol. The summed E-state index contributed by atoms with van der Waals surface area (Å²) in [5.41, 5.74) is 5.76. The lowest BCUT2D eigenvalue weighted by molar-refractivity contribution is -0.153. The number of hydrogen-bond acceptors (Lipinski definition) is 9. The molecule has 2 heterocycles. The van der Waals surface area contributed by atoms with Crippen molar-refractivity contribution in [1.29, 1.82) is 0 Å². The highest BCUT2D eigenvalue weighted by molar-refractivity contribution is 7.59. The highest BCUT2D eigenvalue weighted by Crippen LogP contribution is 2.61. The Bertz CT molecular complexity index is 1450. The van der Waals surface area contributed by atoms with Gasteiger partial charge in [-0.1, -0.05) is 52.4 Å². The van der Waals surface area contributed by atoms with Crippen molar-refractivity contribution < 1.29 is 28.4 Å². The molecule has 4 aliphatic carbocycles. The van der Waals surface area contributed by atoms with Crippen molar-refractivity contribution in [3.8, 4) is 0 Å². The van der Waals surface area contributed by atoms with Gasteiger partial charge in [0.05, 0.1) is 37.9 Å². The fraction of sp³-hybridized carbons (Fsp3) is 0.789. The van der Waals surface area contributed by atoms with Gasteiger partial charge in [0, 0.05) is 6.20 Å². The predicted octanol–water partition coefficient (Wildman–Crippen LogP) is 7.11. The number of nitrogens with one attached hydrogen (secondary N) is 2. The van der Waals surface area contributed by atoms with Crippen molar-refractivity contribution in [3.05, 3.63) is 18.6 Å². The first-order valence-corrected chi connectivity index (χ1v) is 21.7. The topological polar surface area (TPSA) is 160 Å². The van der Waals surface area contributed by atoms with Gasteiger partial charge in [0.1, 0.15) is 22.9 Å². The first kappa shape index (κ1) is 38.2. The van der Waals surface area contributed by atoms with E-state index in [-0.39, 0.29) is 42.0 Å². The summed E-state index contributed by atoms with van der Waals surface area (Å²) >= 11 is 0. The van der Waals surface area contributed by atoms with E-state index in [0.717, 1.165) is 103 Å². The fourth-order valence-corrected chi connectivity index (χ4v) is 10.7. The summed E-state index contributed by atoms with van der Waals surface area (Å²) in [6, 6.07) is 1.72. The number of carbonyl (C=O) groups excluding carboxylic acids is 2. The molecule has 0 bridgehead atoms. The maximum absolute atomic E-state index is 15.8. The summed E-state index contributed by atoms with van der Waals surface area (Å²) in [6.07, 6.45) is 17.7. The van der Waals surface area contributed by atoms with Crippen LogP contribution in [0.4, 0.5) is 5.69 Å². The van der Waals surface area contributed by atoms with Crippen LogP contribution in [0.2, 0.25) is 0 Å². The van der Waals surface area contributed by atoms with Gasteiger partial charge in [0.15, 0.2) is 5.65 Å². The molecule has 51 heavy (non-hydrogen) atoms. The number of nitrogen functional groups attached to an aromatic ring is 1. The average molecular weight is 729 g/mol. The number of nitrogens with zero attached hydrogens (tertiary/aromatic N) is 3. The highest BCUT2D eigenvalue weighted by atomic mass is 31.2. The van der Waals surface area contributed by atoms with Crippen LogP contribution in [0.5, 0.6) is 0 Å². The van der Waals surface area contributed by atoms with Crippen molar-refractivity contribution in [2.24, 2.45) is 23.7 Å². The quantitative estimate of drug-likeness (QED) is 0.0543. The van der Waals surface area contributed by atoms with E-state index in [9.17, 15) is 9.59 Å². The van der Waals surface area contributed by atoms with E-state index in [1.807, 2.05) is 11.5 Å². The van der Waals surface area contributed by atoms with E-state index in [2.05, 4.69) is 34.0 Å². The lowest BCUT2D eigenvalue weighted by Gasteiger charge is -2.42. The summed E-state index contributed by atoms with van der Waals surface area (Å²) in [5, 5.41) is 7.04. The highest BCUT2D eigenvalue weighted by Gasteiger charge is 2.66. The van der Waals surface area contributed by atoms with Crippen LogP contribution in [0.15, 0.2) is 18.6 Å². The van der Waals surface area contributed by atoms with Crippen LogP contribution >= 0.6 is 7.44 Å². The standard InChI is InChI=1S/C38H61N6O6P/c1-4-6-8-10-22-48-35(45)37(28-12-13-28,29-14-15-29)42-51(47,26-50-27(3)24-44-25-41-33-32(39)20-21-40-34(33)44)43-38(30-16-17-30,31-18-19-31)36(46)49-23-11-9-7-5-2/h20-21,25,27-31H,4-19,22-24,26H2,1-3H3,(H2,39,40)(H2,42,43,47)/t27-/m1/s1. The zero-order chi connectivity index (χ0) is 36.1. The second kappa shape index (κ2) is 16.6. The van der Waals surface area contributed by atoms with Gasteiger partial charge in [0.2, 0.25) is 7.44 Å². The van der Waals surface area contributed by atoms with E-state index in [4.69, 9.17) is 19.9 Å². The molecule has 2 aromatic heterocycles. The van der Waals surface area contributed by atoms with E-state index >= 15 is 4.57 Å². The minimum absolute atomic E-state index is 0.0244.